The Balaban J connectivity index is 1.54. The quantitative estimate of drug-likeness (QED) is 0.651. The van der Waals surface area contributed by atoms with E-state index < -0.39 is 26.7 Å². The largest absolute Gasteiger partial charge is 0.416 e. The first-order valence-corrected chi connectivity index (χ1v) is 12.2. The van der Waals surface area contributed by atoms with Gasteiger partial charge in [0.25, 0.3) is 0 Å². The van der Waals surface area contributed by atoms with Crippen LogP contribution in [0.4, 0.5) is 18.9 Å². The van der Waals surface area contributed by atoms with Gasteiger partial charge in [-0.15, -0.1) is 0 Å². The first kappa shape index (κ1) is 25.0. The van der Waals surface area contributed by atoms with Gasteiger partial charge in [0.1, 0.15) is 0 Å². The van der Waals surface area contributed by atoms with Crippen molar-refractivity contribution in [3.8, 4) is 0 Å². The average Bonchev–Trinajstić information content (AvgIpc) is 2.82. The fourth-order valence-corrected chi connectivity index (χ4v) is 5.30. The number of carbonyl (C=O) groups is 1. The molecule has 0 spiro atoms. The minimum Gasteiger partial charge on any atom is -0.370 e. The lowest BCUT2D eigenvalue weighted by atomic mass is 9.97. The molecule has 0 bridgehead atoms. The number of hydrogen-bond donors (Lipinski definition) is 1. The zero-order chi connectivity index (χ0) is 24.2. The minimum absolute atomic E-state index is 0.0534. The molecule has 10 heteroatoms. The number of nitrogens with zero attached hydrogens (tertiary/aromatic N) is 2. The third-order valence-electron chi connectivity index (χ3n) is 6.02. The number of sulfonamides is 1. The fraction of sp³-hybridized carbons (Fsp3) is 0.435. The summed E-state index contributed by atoms with van der Waals surface area (Å²) in [5.74, 6) is -0.480. The Morgan fingerprint density at radius 2 is 1.76 bits per heavy atom. The van der Waals surface area contributed by atoms with Gasteiger partial charge in [0, 0.05) is 44.3 Å². The van der Waals surface area contributed by atoms with Crippen LogP contribution in [-0.2, 0) is 21.0 Å². The van der Waals surface area contributed by atoms with Crippen LogP contribution in [0.15, 0.2) is 59.5 Å². The van der Waals surface area contributed by atoms with E-state index in [4.69, 9.17) is 0 Å². The Hall–Kier alpha value is -2.59. The number of hydrogen-bond acceptors (Lipinski definition) is 4. The third kappa shape index (κ3) is 6.05. The molecule has 33 heavy (non-hydrogen) atoms. The molecule has 0 saturated carbocycles. The van der Waals surface area contributed by atoms with Gasteiger partial charge in [-0.3, -0.25) is 4.79 Å². The molecule has 1 fully saturated rings. The van der Waals surface area contributed by atoms with Crippen LogP contribution in [0.1, 0.15) is 25.3 Å². The first-order valence-electron chi connectivity index (χ1n) is 10.7. The van der Waals surface area contributed by atoms with Gasteiger partial charge in [-0.05, 0) is 50.1 Å². The Kier molecular flexibility index (Phi) is 7.69. The fourth-order valence-electron chi connectivity index (χ4n) is 3.79. The normalized spacial score (nSPS) is 16.9. The topological polar surface area (TPSA) is 69.7 Å². The highest BCUT2D eigenvalue weighted by Crippen LogP contribution is 2.32. The maximum Gasteiger partial charge on any atom is 0.416 e. The number of halogens is 3. The molecule has 1 N–H and O–H groups in total. The highest BCUT2D eigenvalue weighted by atomic mass is 32.2. The second kappa shape index (κ2) is 10.1. The lowest BCUT2D eigenvalue weighted by Crippen LogP contribution is -2.46. The van der Waals surface area contributed by atoms with E-state index in [0.717, 1.165) is 28.2 Å². The number of likely N-dealkylation sites (N-methyl/N-ethyl adjacent to an activating group) is 1. The summed E-state index contributed by atoms with van der Waals surface area (Å²) < 4.78 is 65.7. The van der Waals surface area contributed by atoms with Crippen LogP contribution in [0.3, 0.4) is 0 Å². The number of alkyl halides is 3. The molecular weight excluding hydrogens is 455 g/mol. The van der Waals surface area contributed by atoms with Crippen LogP contribution in [0.2, 0.25) is 0 Å². The number of amides is 1. The summed E-state index contributed by atoms with van der Waals surface area (Å²) >= 11 is 0. The maximum absolute atomic E-state index is 13.0. The van der Waals surface area contributed by atoms with Gasteiger partial charge in [-0.25, -0.2) is 8.42 Å². The SMILES string of the molecule is CC(CNC(=O)C1CCN(S(=O)(=O)c2cccc(C(F)(F)F)c2)CC1)N(C)c1ccccc1. The van der Waals surface area contributed by atoms with Gasteiger partial charge in [0.05, 0.1) is 10.5 Å². The summed E-state index contributed by atoms with van der Waals surface area (Å²) in [6.07, 6.45) is -4.00. The molecule has 1 heterocycles. The molecule has 1 amide bonds. The monoisotopic (exact) mass is 483 g/mol. The number of piperidine rings is 1. The van der Waals surface area contributed by atoms with Crippen molar-refractivity contribution >= 4 is 21.6 Å². The summed E-state index contributed by atoms with van der Waals surface area (Å²) in [7, 11) is -2.12. The molecule has 3 rings (SSSR count). The van der Waals surface area contributed by atoms with E-state index in [2.05, 4.69) is 10.2 Å². The van der Waals surface area contributed by atoms with Crippen molar-refractivity contribution in [1.29, 1.82) is 0 Å². The second-order valence-corrected chi connectivity index (χ2v) is 10.2. The van der Waals surface area contributed by atoms with Crippen LogP contribution < -0.4 is 10.2 Å². The third-order valence-corrected chi connectivity index (χ3v) is 7.91. The highest BCUT2D eigenvalue weighted by Gasteiger charge is 2.35. The van der Waals surface area contributed by atoms with E-state index in [9.17, 15) is 26.4 Å². The predicted octanol–water partition coefficient (Wildman–Crippen LogP) is 3.75. The van der Waals surface area contributed by atoms with Crippen LogP contribution in [0, 0.1) is 5.92 Å². The van der Waals surface area contributed by atoms with Gasteiger partial charge >= 0.3 is 6.18 Å². The van der Waals surface area contributed by atoms with Crippen molar-refractivity contribution in [1.82, 2.24) is 9.62 Å². The molecule has 1 aliphatic heterocycles. The molecule has 1 atom stereocenters. The number of benzene rings is 2. The van der Waals surface area contributed by atoms with E-state index in [1.807, 2.05) is 44.3 Å². The molecule has 180 valence electrons. The lowest BCUT2D eigenvalue weighted by Gasteiger charge is -2.32. The van der Waals surface area contributed by atoms with Crippen molar-refractivity contribution in [2.45, 2.75) is 36.9 Å². The zero-order valence-corrected chi connectivity index (χ0v) is 19.4. The summed E-state index contributed by atoms with van der Waals surface area (Å²) in [5.41, 5.74) is 0.0276. The standard InChI is InChI=1S/C23H28F3N3O3S/c1-17(28(2)20-8-4-3-5-9-20)16-27-22(30)18-11-13-29(14-12-18)33(31,32)21-10-6-7-19(15-21)23(24,25)26/h3-10,15,17-18H,11-14,16H2,1-2H3,(H,27,30). The van der Waals surface area contributed by atoms with Gasteiger partial charge in [0.15, 0.2) is 0 Å². The van der Waals surface area contributed by atoms with Crippen LogP contribution >= 0.6 is 0 Å². The molecule has 0 aliphatic carbocycles. The van der Waals surface area contributed by atoms with E-state index >= 15 is 0 Å². The molecule has 2 aromatic rings. The summed E-state index contributed by atoms with van der Waals surface area (Å²) in [5, 5.41) is 2.94. The van der Waals surface area contributed by atoms with E-state index in [-0.39, 0.29) is 31.0 Å². The second-order valence-electron chi connectivity index (χ2n) is 8.24. The summed E-state index contributed by atoms with van der Waals surface area (Å²) in [6.45, 7) is 2.59. The number of nitrogens with one attached hydrogen (secondary N) is 1. The van der Waals surface area contributed by atoms with Crippen molar-refractivity contribution in [3.05, 3.63) is 60.2 Å². The van der Waals surface area contributed by atoms with Crippen LogP contribution in [0.5, 0.6) is 0 Å². The van der Waals surface area contributed by atoms with Crippen molar-refractivity contribution in [3.63, 3.8) is 0 Å². The number of anilines is 1. The first-order chi connectivity index (χ1) is 15.5. The molecule has 0 radical (unpaired) electrons. The zero-order valence-electron chi connectivity index (χ0n) is 18.5. The minimum atomic E-state index is -4.62. The van der Waals surface area contributed by atoms with E-state index in [0.29, 0.717) is 25.5 Å². The predicted molar refractivity (Wildman–Crippen MR) is 120 cm³/mol. The lowest BCUT2D eigenvalue weighted by molar-refractivity contribution is -0.137. The van der Waals surface area contributed by atoms with Gasteiger partial charge in [-0.2, -0.15) is 17.5 Å². The van der Waals surface area contributed by atoms with Crippen LogP contribution in [0.25, 0.3) is 0 Å². The average molecular weight is 484 g/mol. The smallest absolute Gasteiger partial charge is 0.370 e. The molecule has 1 aliphatic rings. The highest BCUT2D eigenvalue weighted by molar-refractivity contribution is 7.89. The number of para-hydroxylation sites is 1. The Morgan fingerprint density at radius 1 is 1.12 bits per heavy atom. The Morgan fingerprint density at radius 3 is 2.36 bits per heavy atom. The van der Waals surface area contributed by atoms with Gasteiger partial charge < -0.3 is 10.2 Å². The number of carbonyl (C=O) groups excluding carboxylic acids is 1. The Bertz CT molecular complexity index is 1050. The summed E-state index contributed by atoms with van der Waals surface area (Å²) in [4.78, 5) is 14.3. The summed E-state index contributed by atoms with van der Waals surface area (Å²) in [6, 6.07) is 13.6. The van der Waals surface area contributed by atoms with Gasteiger partial charge in [0.2, 0.25) is 15.9 Å². The Labute approximate surface area is 192 Å². The van der Waals surface area contributed by atoms with Gasteiger partial charge in [-0.1, -0.05) is 24.3 Å². The molecule has 1 unspecified atom stereocenters. The molecule has 2 aromatic carbocycles. The molecule has 6 nitrogen and oxygen atoms in total. The van der Waals surface area contributed by atoms with Crippen molar-refractivity contribution < 1.29 is 26.4 Å². The van der Waals surface area contributed by atoms with E-state index in [1.54, 1.807) is 0 Å². The van der Waals surface area contributed by atoms with Crippen LogP contribution in [-0.4, -0.2) is 51.4 Å². The molecule has 1 saturated heterocycles. The molecular formula is C23H28F3N3O3S. The number of rotatable bonds is 7. The maximum atomic E-state index is 13.0. The van der Waals surface area contributed by atoms with E-state index in [1.165, 1.54) is 0 Å². The van der Waals surface area contributed by atoms with Crippen molar-refractivity contribution in [2.75, 3.05) is 31.6 Å². The molecule has 0 aromatic heterocycles. The van der Waals surface area contributed by atoms with Crippen molar-refractivity contribution in [2.24, 2.45) is 5.92 Å².